The zero-order valence-electron chi connectivity index (χ0n) is 29.3. The number of nitrogens with zero attached hydrogens (tertiary/aromatic N) is 1. The average molecular weight is 710 g/mol. The van der Waals surface area contributed by atoms with Crippen LogP contribution in [0.5, 0.6) is 28.7 Å². The third-order valence-electron chi connectivity index (χ3n) is 8.62. The van der Waals surface area contributed by atoms with Gasteiger partial charge in [0.1, 0.15) is 22.8 Å². The summed E-state index contributed by atoms with van der Waals surface area (Å²) < 4.78 is 22.4. The first-order valence-corrected chi connectivity index (χ1v) is 17.8. The Hall–Kier alpha value is -4.65. The van der Waals surface area contributed by atoms with Gasteiger partial charge < -0.3 is 39.5 Å². The molecule has 2 aromatic carbocycles. The van der Waals surface area contributed by atoms with E-state index >= 15 is 0 Å². The van der Waals surface area contributed by atoms with Gasteiger partial charge in [0, 0.05) is 54.5 Å². The molecule has 0 bridgehead atoms. The van der Waals surface area contributed by atoms with Crippen LogP contribution in [0.25, 0.3) is 6.08 Å². The van der Waals surface area contributed by atoms with E-state index in [4.69, 9.17) is 18.9 Å². The lowest BCUT2D eigenvalue weighted by atomic mass is 9.84. The molecule has 3 aromatic rings. The number of aromatic nitrogens is 2. The lowest BCUT2D eigenvalue weighted by Crippen LogP contribution is -2.27. The highest BCUT2D eigenvalue weighted by atomic mass is 32.2. The number of esters is 1. The number of hydrogen-bond donors (Lipinski definition) is 4. The number of benzene rings is 2. The number of fused-ring (bicyclic) bond motifs is 1. The monoisotopic (exact) mass is 709 g/mol. The molecule has 2 heterocycles. The third kappa shape index (κ3) is 9.74. The lowest BCUT2D eigenvalue weighted by molar-refractivity contribution is -0.121. The van der Waals surface area contributed by atoms with Crippen molar-refractivity contribution >= 4 is 35.5 Å². The predicted octanol–water partition coefficient (Wildman–Crippen LogP) is 6.21. The maximum atomic E-state index is 13.7. The number of ketones is 1. The standard InChI is InChI=1S/C37H47N3O9S/c1-22-10-9-13-26(41)12-8-6-7-11-24-16-29(42)34(35(44)33(24)37(45)49-22)27(25-17-30(46-3)36(48-5)31(18-25)47-4)19-32(43)38-14-15-50-20-28-23(2)39-21-40-28/h7,11,16-18,21-22,27,42,44H,6,8-10,12-15,19-20H2,1-5H3,(H,38,43)(H,39,40)/b11-7+/t22-,27?/m0/s1. The molecule has 50 heavy (non-hydrogen) atoms. The summed E-state index contributed by atoms with van der Waals surface area (Å²) in [4.78, 5) is 46.8. The van der Waals surface area contributed by atoms with Crippen LogP contribution in [0.3, 0.4) is 0 Å². The van der Waals surface area contributed by atoms with Gasteiger partial charge in [0.15, 0.2) is 11.5 Å². The number of nitrogens with one attached hydrogen (secondary N) is 2. The summed E-state index contributed by atoms with van der Waals surface area (Å²) in [5.41, 5.74) is 2.51. The van der Waals surface area contributed by atoms with Crippen molar-refractivity contribution in [3.63, 3.8) is 0 Å². The minimum atomic E-state index is -0.957. The zero-order valence-corrected chi connectivity index (χ0v) is 30.1. The van der Waals surface area contributed by atoms with Crippen LogP contribution in [-0.4, -0.2) is 77.6 Å². The summed E-state index contributed by atoms with van der Waals surface area (Å²) in [6.45, 7) is 4.06. The number of ether oxygens (including phenoxy) is 4. The second-order valence-corrected chi connectivity index (χ2v) is 13.3. The number of carbonyl (C=O) groups is 3. The first-order valence-electron chi connectivity index (χ1n) is 16.7. The van der Waals surface area contributed by atoms with Gasteiger partial charge in [-0.05, 0) is 68.9 Å². The maximum Gasteiger partial charge on any atom is 0.342 e. The molecule has 12 nitrogen and oxygen atoms in total. The Morgan fingerprint density at radius 2 is 1.82 bits per heavy atom. The molecule has 0 radical (unpaired) electrons. The van der Waals surface area contributed by atoms with Crippen LogP contribution in [-0.2, 0) is 20.1 Å². The number of hydrogen-bond acceptors (Lipinski definition) is 11. The molecule has 0 fully saturated rings. The molecular formula is C37H47N3O9S. The topological polar surface area (TPSA) is 169 Å². The predicted molar refractivity (Wildman–Crippen MR) is 191 cm³/mol. The fraction of sp³-hybridized carbons (Fsp3) is 0.459. The van der Waals surface area contributed by atoms with Crippen molar-refractivity contribution in [2.75, 3.05) is 33.6 Å². The van der Waals surface area contributed by atoms with Crippen LogP contribution < -0.4 is 19.5 Å². The number of rotatable bonds is 12. The molecule has 0 saturated heterocycles. The van der Waals surface area contributed by atoms with Crippen LogP contribution in [0.15, 0.2) is 30.6 Å². The van der Waals surface area contributed by atoms with Gasteiger partial charge in [0.25, 0.3) is 0 Å². The van der Waals surface area contributed by atoms with Crippen molar-refractivity contribution < 1.29 is 43.5 Å². The number of carbonyl (C=O) groups excluding carboxylic acids is 3. The van der Waals surface area contributed by atoms with Crippen molar-refractivity contribution in [1.82, 2.24) is 15.3 Å². The highest BCUT2D eigenvalue weighted by molar-refractivity contribution is 7.98. The number of amides is 1. The number of phenolic OH excluding ortho intramolecular Hbond substituents is 2. The number of H-pyrrole nitrogens is 1. The van der Waals surface area contributed by atoms with E-state index in [-0.39, 0.29) is 40.6 Å². The molecule has 13 heteroatoms. The number of aryl methyl sites for hydroxylation is 1. The zero-order chi connectivity index (χ0) is 36.2. The van der Waals surface area contributed by atoms with E-state index in [0.717, 1.165) is 11.4 Å². The Morgan fingerprint density at radius 3 is 2.48 bits per heavy atom. The molecule has 4 rings (SSSR count). The smallest absolute Gasteiger partial charge is 0.342 e. The summed E-state index contributed by atoms with van der Waals surface area (Å²) in [5, 5.41) is 26.4. The summed E-state index contributed by atoms with van der Waals surface area (Å²) in [6.07, 6.45) is 7.45. The molecule has 0 aliphatic carbocycles. The maximum absolute atomic E-state index is 13.7. The second-order valence-electron chi connectivity index (χ2n) is 12.2. The molecule has 1 aliphatic heterocycles. The highest BCUT2D eigenvalue weighted by Gasteiger charge is 2.32. The van der Waals surface area contributed by atoms with Crippen LogP contribution >= 0.6 is 11.8 Å². The van der Waals surface area contributed by atoms with E-state index in [1.807, 2.05) is 6.92 Å². The molecule has 4 N–H and O–H groups in total. The van der Waals surface area contributed by atoms with E-state index < -0.39 is 23.7 Å². The molecule has 0 spiro atoms. The van der Waals surface area contributed by atoms with Gasteiger partial charge in [0.2, 0.25) is 11.7 Å². The number of aromatic amines is 1. The molecule has 1 amide bonds. The van der Waals surface area contributed by atoms with E-state index in [1.165, 1.54) is 27.4 Å². The molecular weight excluding hydrogens is 662 g/mol. The lowest BCUT2D eigenvalue weighted by Gasteiger charge is -2.24. The number of allylic oxidation sites excluding steroid dienone is 1. The fourth-order valence-electron chi connectivity index (χ4n) is 5.93. The Morgan fingerprint density at radius 1 is 1.10 bits per heavy atom. The van der Waals surface area contributed by atoms with Crippen molar-refractivity contribution in [3.05, 3.63) is 64.2 Å². The number of methoxy groups -OCH3 is 3. The quantitative estimate of drug-likeness (QED) is 0.125. The largest absolute Gasteiger partial charge is 0.507 e. The van der Waals surface area contributed by atoms with Gasteiger partial charge in [-0.15, -0.1) is 0 Å². The number of Topliss-reactive ketones (excluding diaryl/α,β-unsaturated/α-hetero) is 1. The van der Waals surface area contributed by atoms with Gasteiger partial charge in [-0.25, -0.2) is 9.78 Å². The Labute approximate surface area is 297 Å². The highest BCUT2D eigenvalue weighted by Crippen LogP contribution is 2.47. The molecule has 270 valence electrons. The van der Waals surface area contributed by atoms with E-state index in [0.29, 0.717) is 79.4 Å². The third-order valence-corrected chi connectivity index (χ3v) is 9.59. The van der Waals surface area contributed by atoms with Crippen molar-refractivity contribution in [3.8, 4) is 28.7 Å². The van der Waals surface area contributed by atoms with Crippen LogP contribution in [0.2, 0.25) is 0 Å². The van der Waals surface area contributed by atoms with Gasteiger partial charge in [-0.3, -0.25) is 9.59 Å². The summed E-state index contributed by atoms with van der Waals surface area (Å²) >= 11 is 1.63. The molecule has 1 unspecified atom stereocenters. The van der Waals surface area contributed by atoms with Gasteiger partial charge in [-0.1, -0.05) is 12.2 Å². The fourth-order valence-corrected chi connectivity index (χ4v) is 6.81. The summed E-state index contributed by atoms with van der Waals surface area (Å²) in [5.74, 6) is -0.465. The number of cyclic esters (lactones) is 1. The SMILES string of the molecule is COc1cc(C(CC(=O)NCCSCc2nc[nH]c2C)c2c(O)cc3c(c2O)C(=O)O[C@@H](C)CCCC(=O)CCC/C=C/3)cc(OC)c1OC. The number of aromatic hydroxyl groups is 2. The Bertz CT molecular complexity index is 1660. The summed E-state index contributed by atoms with van der Waals surface area (Å²) in [6, 6.07) is 4.68. The molecule has 2 atom stereocenters. The minimum Gasteiger partial charge on any atom is -0.507 e. The first kappa shape index (κ1) is 38.2. The Balaban J connectivity index is 1.73. The second kappa shape index (κ2) is 18.4. The van der Waals surface area contributed by atoms with Crippen LogP contribution in [0.4, 0.5) is 0 Å². The van der Waals surface area contributed by atoms with Gasteiger partial charge >= 0.3 is 5.97 Å². The molecule has 1 aliphatic rings. The average Bonchev–Trinajstić information content (AvgIpc) is 3.50. The van der Waals surface area contributed by atoms with E-state index in [2.05, 4.69) is 15.3 Å². The molecule has 1 aromatic heterocycles. The van der Waals surface area contributed by atoms with E-state index in [1.54, 1.807) is 49.3 Å². The van der Waals surface area contributed by atoms with Gasteiger partial charge in [0.05, 0.1) is 39.5 Å². The summed E-state index contributed by atoms with van der Waals surface area (Å²) in [7, 11) is 4.40. The number of thioether (sulfide) groups is 1. The van der Waals surface area contributed by atoms with Gasteiger partial charge in [-0.2, -0.15) is 11.8 Å². The molecule has 0 saturated carbocycles. The number of imidazole rings is 1. The van der Waals surface area contributed by atoms with Crippen molar-refractivity contribution in [1.29, 1.82) is 0 Å². The first-order chi connectivity index (χ1) is 24.1. The van der Waals surface area contributed by atoms with Crippen molar-refractivity contribution in [2.24, 2.45) is 0 Å². The van der Waals surface area contributed by atoms with Crippen molar-refractivity contribution in [2.45, 2.75) is 76.6 Å². The van der Waals surface area contributed by atoms with E-state index in [9.17, 15) is 24.6 Å². The minimum absolute atomic E-state index is 0.0266. The van der Waals surface area contributed by atoms with Crippen LogP contribution in [0.1, 0.15) is 96.2 Å². The number of phenols is 2. The van der Waals surface area contributed by atoms with Crippen LogP contribution in [0, 0.1) is 6.92 Å². The Kier molecular flexibility index (Phi) is 14.0. The normalized spacial score (nSPS) is 16.8.